The fourth-order valence-corrected chi connectivity index (χ4v) is 1.79. The van der Waals surface area contributed by atoms with Crippen LogP contribution in [0.2, 0.25) is 0 Å². The van der Waals surface area contributed by atoms with Gasteiger partial charge in [0.05, 0.1) is 27.6 Å². The second-order valence-corrected chi connectivity index (χ2v) is 5.07. The third-order valence-corrected chi connectivity index (χ3v) is 2.89. The van der Waals surface area contributed by atoms with Gasteiger partial charge in [0.1, 0.15) is 11.3 Å². The minimum Gasteiger partial charge on any atom is -0.503 e. The lowest BCUT2D eigenvalue weighted by atomic mass is 10.00. The molecule has 0 fully saturated rings. The van der Waals surface area contributed by atoms with Gasteiger partial charge in [-0.1, -0.05) is 25.7 Å². The van der Waals surface area contributed by atoms with Gasteiger partial charge in [-0.2, -0.15) is 0 Å². The molecule has 0 heterocycles. The molecule has 0 saturated heterocycles. The van der Waals surface area contributed by atoms with E-state index in [-0.39, 0.29) is 0 Å². The van der Waals surface area contributed by atoms with Crippen molar-refractivity contribution in [3.63, 3.8) is 0 Å². The Morgan fingerprint density at radius 1 is 1.27 bits per heavy atom. The number of carbonyl (C=O) groups is 1. The molecule has 0 N–H and O–H groups in total. The smallest absolute Gasteiger partial charge is 0.341 e. The topological polar surface area (TPSA) is 44.8 Å². The van der Waals surface area contributed by atoms with E-state index in [0.29, 0.717) is 28.4 Å². The first kappa shape index (κ1) is 17.6. The first-order valence-corrected chi connectivity index (χ1v) is 7.02. The Bertz CT molecular complexity index is 603. The highest BCUT2D eigenvalue weighted by molar-refractivity contribution is 6.16. The van der Waals surface area contributed by atoms with Crippen LogP contribution in [0.4, 0.5) is 0 Å². The molecule has 0 aromatic heterocycles. The average Bonchev–Trinajstić information content (AvgIpc) is 2.51. The van der Waals surface area contributed by atoms with E-state index in [0.717, 1.165) is 6.42 Å². The summed E-state index contributed by atoms with van der Waals surface area (Å²) < 4.78 is 15.0. The van der Waals surface area contributed by atoms with Gasteiger partial charge in [-0.25, -0.2) is 4.79 Å². The number of rotatable bonds is 5. The predicted octanol–water partition coefficient (Wildman–Crippen LogP) is 3.25. The third-order valence-electron chi connectivity index (χ3n) is 2.89. The summed E-state index contributed by atoms with van der Waals surface area (Å²) in [6, 6.07) is 5.35. The van der Waals surface area contributed by atoms with E-state index in [4.69, 9.17) is 14.2 Å². The zero-order valence-electron chi connectivity index (χ0n) is 13.7. The van der Waals surface area contributed by atoms with Gasteiger partial charge in [0.25, 0.3) is 0 Å². The summed E-state index contributed by atoms with van der Waals surface area (Å²) in [6.45, 7) is 4.21. The number of ether oxygens (including phenoxy) is 3. The summed E-state index contributed by atoms with van der Waals surface area (Å²) in [5.41, 5.74) is 1.68. The van der Waals surface area contributed by atoms with Gasteiger partial charge in [0, 0.05) is 17.5 Å². The molecule has 0 aliphatic rings. The van der Waals surface area contributed by atoms with Crippen LogP contribution in [0.15, 0.2) is 24.5 Å². The molecule has 0 aliphatic carbocycles. The lowest BCUT2D eigenvalue weighted by Gasteiger charge is -2.10. The number of hydrogen-bond acceptors (Lipinski definition) is 4. The lowest BCUT2D eigenvalue weighted by Crippen LogP contribution is -2.06. The van der Waals surface area contributed by atoms with E-state index in [1.54, 1.807) is 25.3 Å². The molecule has 0 spiro atoms. The number of carbonyl (C=O) groups excluding carboxylic acids is 1. The zero-order valence-corrected chi connectivity index (χ0v) is 13.7. The van der Waals surface area contributed by atoms with E-state index in [1.165, 1.54) is 20.5 Å². The van der Waals surface area contributed by atoms with E-state index < -0.39 is 5.97 Å². The first-order valence-electron chi connectivity index (χ1n) is 7.02. The average molecular weight is 302 g/mol. The van der Waals surface area contributed by atoms with Gasteiger partial charge < -0.3 is 14.2 Å². The van der Waals surface area contributed by atoms with Crippen LogP contribution in [0.1, 0.15) is 31.4 Å². The fourth-order valence-electron chi connectivity index (χ4n) is 1.79. The van der Waals surface area contributed by atoms with Crippen LogP contribution in [0.3, 0.4) is 0 Å². The Morgan fingerprint density at radius 2 is 2.00 bits per heavy atom. The van der Waals surface area contributed by atoms with E-state index in [1.807, 2.05) is 0 Å². The predicted molar refractivity (Wildman–Crippen MR) is 86.3 cm³/mol. The highest BCUT2D eigenvalue weighted by Crippen LogP contribution is 2.24. The molecule has 0 saturated carbocycles. The molecule has 118 valence electrons. The van der Waals surface area contributed by atoms with Crippen molar-refractivity contribution in [2.45, 2.75) is 20.3 Å². The molecule has 0 unspecified atom stereocenters. The molecule has 1 rings (SSSR count). The van der Waals surface area contributed by atoms with Gasteiger partial charge in [0.15, 0.2) is 0 Å². The van der Waals surface area contributed by atoms with Crippen LogP contribution in [0.5, 0.6) is 5.75 Å². The zero-order chi connectivity index (χ0) is 16.5. The number of benzene rings is 1. The van der Waals surface area contributed by atoms with E-state index in [9.17, 15) is 4.79 Å². The maximum atomic E-state index is 11.9. The van der Waals surface area contributed by atoms with E-state index >= 15 is 0 Å². The summed E-state index contributed by atoms with van der Waals surface area (Å²) in [7, 11) is 4.41. The monoisotopic (exact) mass is 302 g/mol. The van der Waals surface area contributed by atoms with Crippen molar-refractivity contribution >= 4 is 11.5 Å². The van der Waals surface area contributed by atoms with Gasteiger partial charge >= 0.3 is 5.97 Å². The molecule has 0 atom stereocenters. The molecule has 22 heavy (non-hydrogen) atoms. The van der Waals surface area contributed by atoms with E-state index in [2.05, 4.69) is 25.7 Å². The van der Waals surface area contributed by atoms with Gasteiger partial charge in [-0.05, 0) is 24.1 Å². The number of methoxy groups -OCH3 is 3. The minimum absolute atomic E-state index is 0.321. The summed E-state index contributed by atoms with van der Waals surface area (Å²) in [5, 5.41) is 0. The molecular weight excluding hydrogens is 280 g/mol. The first-order chi connectivity index (χ1) is 10.5. The van der Waals surface area contributed by atoms with Crippen molar-refractivity contribution in [3.05, 3.63) is 35.6 Å². The summed E-state index contributed by atoms with van der Waals surface area (Å²) >= 11 is 0. The molecule has 0 aliphatic heterocycles. The van der Waals surface area contributed by atoms with Crippen LogP contribution in [-0.2, 0) is 14.3 Å². The quantitative estimate of drug-likeness (QED) is 0.362. The second kappa shape index (κ2) is 8.78. The van der Waals surface area contributed by atoms with Crippen molar-refractivity contribution in [2.75, 3.05) is 21.3 Å². The minimum atomic E-state index is -0.473. The van der Waals surface area contributed by atoms with Gasteiger partial charge in [0.2, 0.25) is 0 Å². The van der Waals surface area contributed by atoms with Crippen molar-refractivity contribution in [1.29, 1.82) is 0 Å². The molecule has 0 bridgehead atoms. The molecule has 0 amide bonds. The maximum Gasteiger partial charge on any atom is 0.341 e. The van der Waals surface area contributed by atoms with Crippen LogP contribution in [-0.4, -0.2) is 27.3 Å². The van der Waals surface area contributed by atoms with Crippen LogP contribution < -0.4 is 4.74 Å². The van der Waals surface area contributed by atoms with Gasteiger partial charge in [-0.3, -0.25) is 0 Å². The fraction of sp³-hybridized carbons (Fsp3) is 0.389. The number of esters is 1. The third kappa shape index (κ3) is 4.85. The molecule has 4 nitrogen and oxygen atoms in total. The summed E-state index contributed by atoms with van der Waals surface area (Å²) in [4.78, 5) is 11.9. The van der Waals surface area contributed by atoms with Crippen molar-refractivity contribution in [2.24, 2.45) is 5.92 Å². The lowest BCUT2D eigenvalue weighted by molar-refractivity contribution is -0.133. The standard InChI is InChI=1S/C18H22O4/c1-13(2)7-6-8-14-11-15(21-4)9-10-16(14)17(12-20-3)18(19)22-5/h9-13H,7H2,1-5H3/b17-12+. The van der Waals surface area contributed by atoms with Crippen molar-refractivity contribution in [1.82, 2.24) is 0 Å². The Balaban J connectivity index is 3.34. The molecule has 1 aromatic rings. The largest absolute Gasteiger partial charge is 0.503 e. The molecular formula is C18H22O4. The Hall–Kier alpha value is -2.41. The highest BCUT2D eigenvalue weighted by Gasteiger charge is 2.16. The Labute approximate surface area is 132 Å². The summed E-state index contributed by atoms with van der Waals surface area (Å²) in [6.07, 6.45) is 2.14. The molecule has 1 aromatic carbocycles. The second-order valence-electron chi connectivity index (χ2n) is 5.07. The van der Waals surface area contributed by atoms with Gasteiger partial charge in [-0.15, -0.1) is 0 Å². The normalized spacial score (nSPS) is 10.7. The maximum absolute atomic E-state index is 11.9. The Morgan fingerprint density at radius 3 is 2.55 bits per heavy atom. The Kier molecular flexibility index (Phi) is 7.04. The van der Waals surface area contributed by atoms with Crippen LogP contribution in [0.25, 0.3) is 5.57 Å². The number of hydrogen-bond donors (Lipinski definition) is 0. The van der Waals surface area contributed by atoms with Crippen LogP contribution in [0, 0.1) is 17.8 Å². The molecule has 4 heteroatoms. The van der Waals surface area contributed by atoms with Crippen LogP contribution >= 0.6 is 0 Å². The summed E-state index contributed by atoms with van der Waals surface area (Å²) in [5.74, 6) is 6.91. The molecule has 0 radical (unpaired) electrons. The van der Waals surface area contributed by atoms with Crippen molar-refractivity contribution in [3.8, 4) is 17.6 Å². The highest BCUT2D eigenvalue weighted by atomic mass is 16.5. The SMILES string of the molecule is CO/C=C(/C(=O)OC)c1ccc(OC)cc1C#CCC(C)C. The van der Waals surface area contributed by atoms with Crippen molar-refractivity contribution < 1.29 is 19.0 Å².